The van der Waals surface area contributed by atoms with Gasteiger partial charge in [0.05, 0.1) is 12.6 Å². The minimum atomic E-state index is -0.596. The molecule has 1 aliphatic carbocycles. The molecule has 1 aliphatic rings. The zero-order valence-electron chi connectivity index (χ0n) is 13.7. The molecule has 3 unspecified atom stereocenters. The van der Waals surface area contributed by atoms with E-state index >= 15 is 0 Å². The van der Waals surface area contributed by atoms with Crippen LogP contribution in [0.4, 0.5) is 0 Å². The topological polar surface area (TPSA) is 69.5 Å². The molecule has 0 saturated heterocycles. The van der Waals surface area contributed by atoms with Gasteiger partial charge in [0.1, 0.15) is 0 Å². The number of pyridine rings is 1. The molecule has 0 spiro atoms. The van der Waals surface area contributed by atoms with E-state index in [2.05, 4.69) is 33.8 Å². The molecule has 7 heteroatoms. The fourth-order valence-electron chi connectivity index (χ4n) is 2.67. The van der Waals surface area contributed by atoms with Crippen LogP contribution in [-0.2, 0) is 0 Å². The third kappa shape index (κ3) is 6.84. The quantitative estimate of drug-likeness (QED) is 0.353. The minimum absolute atomic E-state index is 0. The van der Waals surface area contributed by atoms with Crippen molar-refractivity contribution in [2.45, 2.75) is 43.6 Å². The monoisotopic (exact) mass is 450 g/mol. The number of rotatable bonds is 6. The second-order valence-corrected chi connectivity index (χ2v) is 6.67. The molecule has 0 aromatic carbocycles. The van der Waals surface area contributed by atoms with Crippen LogP contribution in [0.1, 0.15) is 37.9 Å². The van der Waals surface area contributed by atoms with E-state index in [0.717, 1.165) is 23.3 Å². The van der Waals surface area contributed by atoms with Crippen molar-refractivity contribution >= 4 is 41.7 Å². The summed E-state index contributed by atoms with van der Waals surface area (Å²) in [5.74, 6) is 0.794. The Bertz CT molecular complexity index is 474. The van der Waals surface area contributed by atoms with Gasteiger partial charge in [0.2, 0.25) is 0 Å². The molecule has 0 radical (unpaired) electrons. The molecule has 1 aromatic heterocycles. The number of halogens is 1. The number of aliphatic hydroxyl groups excluding tert-OH is 1. The van der Waals surface area contributed by atoms with Crippen molar-refractivity contribution in [1.29, 1.82) is 0 Å². The van der Waals surface area contributed by atoms with Crippen molar-refractivity contribution in [3.05, 3.63) is 30.1 Å². The van der Waals surface area contributed by atoms with Gasteiger partial charge < -0.3 is 15.7 Å². The first-order chi connectivity index (χ1) is 10.7. The SMILES string of the molecule is CCNC(=NCC(O)c1ccncc1)NC1CCC(SC)C1.I. The zero-order chi connectivity index (χ0) is 15.8. The maximum absolute atomic E-state index is 10.2. The lowest BCUT2D eigenvalue weighted by Crippen LogP contribution is -2.42. The van der Waals surface area contributed by atoms with Crippen molar-refractivity contribution < 1.29 is 5.11 Å². The summed E-state index contributed by atoms with van der Waals surface area (Å²) in [6.45, 7) is 3.21. The Labute approximate surface area is 160 Å². The molecule has 2 rings (SSSR count). The first-order valence-corrected chi connectivity index (χ1v) is 9.17. The molecule has 1 aromatic rings. The van der Waals surface area contributed by atoms with Gasteiger partial charge in [-0.25, -0.2) is 0 Å². The lowest BCUT2D eigenvalue weighted by atomic mass is 10.1. The van der Waals surface area contributed by atoms with Crippen LogP contribution < -0.4 is 10.6 Å². The van der Waals surface area contributed by atoms with E-state index < -0.39 is 6.10 Å². The molecule has 130 valence electrons. The fraction of sp³-hybridized carbons (Fsp3) is 0.625. The third-order valence-electron chi connectivity index (χ3n) is 3.92. The average molecular weight is 450 g/mol. The number of aliphatic imine (C=N–C) groups is 1. The van der Waals surface area contributed by atoms with E-state index in [4.69, 9.17) is 0 Å². The predicted molar refractivity (Wildman–Crippen MR) is 109 cm³/mol. The van der Waals surface area contributed by atoms with Gasteiger partial charge in [-0.3, -0.25) is 9.98 Å². The number of nitrogens with zero attached hydrogens (tertiary/aromatic N) is 2. The van der Waals surface area contributed by atoms with E-state index in [-0.39, 0.29) is 24.0 Å². The Kier molecular flexibility index (Phi) is 9.89. The van der Waals surface area contributed by atoms with E-state index in [1.807, 2.05) is 23.9 Å². The first kappa shape index (κ1) is 20.5. The van der Waals surface area contributed by atoms with Crippen LogP contribution >= 0.6 is 35.7 Å². The summed E-state index contributed by atoms with van der Waals surface area (Å²) in [5, 5.41) is 17.7. The molecule has 0 amide bonds. The summed E-state index contributed by atoms with van der Waals surface area (Å²) >= 11 is 1.95. The molecular formula is C16H27IN4OS. The Hall–Kier alpha value is -0.540. The first-order valence-electron chi connectivity index (χ1n) is 7.88. The number of hydrogen-bond acceptors (Lipinski definition) is 4. The lowest BCUT2D eigenvalue weighted by molar-refractivity contribution is 0.187. The standard InChI is InChI=1S/C16H26N4OS.HI/c1-3-18-16(20-13-4-5-14(10-13)22-2)19-11-15(21)12-6-8-17-9-7-12;/h6-9,13-15,21H,3-5,10-11H2,1-2H3,(H2,18,19,20);1H. The second-order valence-electron chi connectivity index (χ2n) is 5.53. The molecule has 3 atom stereocenters. The van der Waals surface area contributed by atoms with Gasteiger partial charge in [-0.15, -0.1) is 24.0 Å². The van der Waals surface area contributed by atoms with Crippen LogP contribution in [0.5, 0.6) is 0 Å². The highest BCUT2D eigenvalue weighted by Gasteiger charge is 2.24. The predicted octanol–water partition coefficient (Wildman–Crippen LogP) is 2.57. The highest BCUT2D eigenvalue weighted by Crippen LogP contribution is 2.28. The fourth-order valence-corrected chi connectivity index (χ4v) is 3.46. The van der Waals surface area contributed by atoms with E-state index in [1.54, 1.807) is 12.4 Å². The zero-order valence-corrected chi connectivity index (χ0v) is 16.9. The highest BCUT2D eigenvalue weighted by atomic mass is 127. The smallest absolute Gasteiger partial charge is 0.191 e. The molecule has 5 nitrogen and oxygen atoms in total. The Morgan fingerprint density at radius 2 is 2.17 bits per heavy atom. The number of aliphatic hydroxyl groups is 1. The van der Waals surface area contributed by atoms with Gasteiger partial charge in [0.25, 0.3) is 0 Å². The van der Waals surface area contributed by atoms with Crippen molar-refractivity contribution in [3.8, 4) is 0 Å². The van der Waals surface area contributed by atoms with Crippen molar-refractivity contribution in [1.82, 2.24) is 15.6 Å². The van der Waals surface area contributed by atoms with Crippen LogP contribution in [-0.4, -0.2) is 46.7 Å². The molecule has 23 heavy (non-hydrogen) atoms. The normalized spacial score (nSPS) is 22.3. The highest BCUT2D eigenvalue weighted by molar-refractivity contribution is 14.0. The van der Waals surface area contributed by atoms with E-state index in [1.165, 1.54) is 19.3 Å². The summed E-state index contributed by atoms with van der Waals surface area (Å²) in [5.41, 5.74) is 0.845. The number of aromatic nitrogens is 1. The molecule has 3 N–H and O–H groups in total. The number of guanidine groups is 1. The van der Waals surface area contributed by atoms with E-state index in [9.17, 15) is 5.11 Å². The van der Waals surface area contributed by atoms with Gasteiger partial charge in [-0.1, -0.05) is 0 Å². The van der Waals surface area contributed by atoms with Gasteiger partial charge in [-0.05, 0) is 50.1 Å². The van der Waals surface area contributed by atoms with Gasteiger partial charge in [-0.2, -0.15) is 11.8 Å². The summed E-state index contributed by atoms with van der Waals surface area (Å²) < 4.78 is 0. The molecule has 1 heterocycles. The Morgan fingerprint density at radius 3 is 2.78 bits per heavy atom. The lowest BCUT2D eigenvalue weighted by Gasteiger charge is -2.18. The summed E-state index contributed by atoms with van der Waals surface area (Å²) in [4.78, 5) is 8.48. The van der Waals surface area contributed by atoms with Gasteiger partial charge in [0.15, 0.2) is 5.96 Å². The number of hydrogen-bond donors (Lipinski definition) is 3. The number of nitrogens with one attached hydrogen (secondary N) is 2. The van der Waals surface area contributed by atoms with Crippen molar-refractivity contribution in [2.24, 2.45) is 4.99 Å². The Morgan fingerprint density at radius 1 is 1.43 bits per heavy atom. The summed E-state index contributed by atoms with van der Waals surface area (Å²) in [7, 11) is 0. The Balaban J connectivity index is 0.00000264. The van der Waals surface area contributed by atoms with Crippen LogP contribution in [0.15, 0.2) is 29.5 Å². The van der Waals surface area contributed by atoms with Crippen LogP contribution in [0, 0.1) is 0 Å². The largest absolute Gasteiger partial charge is 0.386 e. The number of thioether (sulfide) groups is 1. The molecular weight excluding hydrogens is 423 g/mol. The van der Waals surface area contributed by atoms with Crippen LogP contribution in [0.3, 0.4) is 0 Å². The van der Waals surface area contributed by atoms with Gasteiger partial charge >= 0.3 is 0 Å². The molecule has 0 bridgehead atoms. The third-order valence-corrected chi connectivity index (χ3v) is 5.01. The molecule has 1 saturated carbocycles. The molecule has 1 fully saturated rings. The average Bonchev–Trinajstić information content (AvgIpc) is 3.01. The maximum Gasteiger partial charge on any atom is 0.191 e. The second kappa shape index (κ2) is 11.1. The molecule has 0 aliphatic heterocycles. The summed E-state index contributed by atoms with van der Waals surface area (Å²) in [6.07, 6.45) is 8.58. The van der Waals surface area contributed by atoms with Crippen molar-refractivity contribution in [3.63, 3.8) is 0 Å². The van der Waals surface area contributed by atoms with Gasteiger partial charge in [0, 0.05) is 30.2 Å². The maximum atomic E-state index is 10.2. The summed E-state index contributed by atoms with van der Waals surface area (Å²) in [6, 6.07) is 4.12. The van der Waals surface area contributed by atoms with Crippen LogP contribution in [0.25, 0.3) is 0 Å². The van der Waals surface area contributed by atoms with E-state index in [0.29, 0.717) is 12.6 Å². The minimum Gasteiger partial charge on any atom is -0.386 e. The van der Waals surface area contributed by atoms with Crippen LogP contribution in [0.2, 0.25) is 0 Å². The van der Waals surface area contributed by atoms with Crippen molar-refractivity contribution in [2.75, 3.05) is 19.3 Å².